The van der Waals surface area contributed by atoms with E-state index in [-0.39, 0.29) is 0 Å². The van der Waals surface area contributed by atoms with Gasteiger partial charge in [0.15, 0.2) is 0 Å². The molecule has 0 aromatic carbocycles. The van der Waals surface area contributed by atoms with Crippen LogP contribution in [-0.4, -0.2) is 55.2 Å². The quantitative estimate of drug-likeness (QED) is 0.867. The lowest BCUT2D eigenvalue weighted by molar-refractivity contribution is 0.0697. The Morgan fingerprint density at radius 2 is 2.05 bits per heavy atom. The predicted molar refractivity (Wildman–Crippen MR) is 75.0 cm³/mol. The molecule has 0 bridgehead atoms. The fourth-order valence-corrected chi connectivity index (χ4v) is 2.37. The van der Waals surface area contributed by atoms with Gasteiger partial charge in [-0.25, -0.2) is 9.78 Å². The maximum Gasteiger partial charge on any atom is 0.339 e. The van der Waals surface area contributed by atoms with E-state index >= 15 is 0 Å². The molecule has 1 aliphatic carbocycles. The highest BCUT2D eigenvalue weighted by atomic mass is 16.4. The van der Waals surface area contributed by atoms with Crippen molar-refractivity contribution in [2.24, 2.45) is 0 Å². The number of pyridine rings is 1. The van der Waals surface area contributed by atoms with Crippen molar-refractivity contribution in [3.05, 3.63) is 22.9 Å². The van der Waals surface area contributed by atoms with Gasteiger partial charge < -0.3 is 14.9 Å². The van der Waals surface area contributed by atoms with Crippen LogP contribution in [0.3, 0.4) is 0 Å². The molecule has 0 unspecified atom stereocenters. The number of rotatable bonds is 5. The summed E-state index contributed by atoms with van der Waals surface area (Å²) in [6, 6.07) is 1.80. The van der Waals surface area contributed by atoms with E-state index in [4.69, 9.17) is 0 Å². The molecule has 1 aliphatic rings. The average molecular weight is 263 g/mol. The maximum atomic E-state index is 11.4. The zero-order valence-electron chi connectivity index (χ0n) is 11.8. The molecule has 5 nitrogen and oxygen atoms in total. The van der Waals surface area contributed by atoms with Crippen molar-refractivity contribution in [3.63, 3.8) is 0 Å². The van der Waals surface area contributed by atoms with Crippen LogP contribution in [0.5, 0.6) is 0 Å². The molecule has 0 spiro atoms. The van der Waals surface area contributed by atoms with Gasteiger partial charge in [-0.3, -0.25) is 0 Å². The second kappa shape index (κ2) is 5.57. The van der Waals surface area contributed by atoms with Crippen LogP contribution >= 0.6 is 0 Å². The summed E-state index contributed by atoms with van der Waals surface area (Å²) >= 11 is 0. The van der Waals surface area contributed by atoms with Crippen molar-refractivity contribution in [1.82, 2.24) is 9.88 Å². The third kappa shape index (κ3) is 3.04. The van der Waals surface area contributed by atoms with Gasteiger partial charge in [0.1, 0.15) is 11.4 Å². The number of aromatic nitrogens is 1. The fraction of sp³-hybridized carbons (Fsp3) is 0.571. The fourth-order valence-electron chi connectivity index (χ4n) is 2.37. The third-order valence-corrected chi connectivity index (χ3v) is 3.51. The first-order valence-corrected chi connectivity index (χ1v) is 6.61. The Kier molecular flexibility index (Phi) is 4.04. The molecule has 0 fully saturated rings. The Morgan fingerprint density at radius 3 is 2.68 bits per heavy atom. The van der Waals surface area contributed by atoms with Crippen LogP contribution in [0.2, 0.25) is 0 Å². The van der Waals surface area contributed by atoms with E-state index in [0.29, 0.717) is 11.4 Å². The van der Waals surface area contributed by atoms with Crippen molar-refractivity contribution >= 4 is 11.8 Å². The number of hydrogen-bond acceptors (Lipinski definition) is 4. The van der Waals surface area contributed by atoms with E-state index in [0.717, 1.165) is 43.6 Å². The number of anilines is 1. The molecule has 1 N–H and O–H groups in total. The molecule has 0 aliphatic heterocycles. The number of nitrogens with zero attached hydrogens (tertiary/aromatic N) is 3. The number of carboxylic acid groups (broad SMARTS) is 1. The van der Waals surface area contributed by atoms with Crippen molar-refractivity contribution < 1.29 is 9.90 Å². The molecule has 0 saturated heterocycles. The molecule has 1 heterocycles. The number of fused-ring (bicyclic) bond motifs is 1. The molecular weight excluding hydrogens is 242 g/mol. The smallest absolute Gasteiger partial charge is 0.339 e. The maximum absolute atomic E-state index is 11.4. The second-order valence-electron chi connectivity index (χ2n) is 5.35. The van der Waals surface area contributed by atoms with Crippen molar-refractivity contribution in [2.45, 2.75) is 19.3 Å². The van der Waals surface area contributed by atoms with Crippen LogP contribution < -0.4 is 4.90 Å². The topological polar surface area (TPSA) is 56.7 Å². The van der Waals surface area contributed by atoms with Gasteiger partial charge in [-0.2, -0.15) is 0 Å². The van der Waals surface area contributed by atoms with E-state index in [1.54, 1.807) is 6.07 Å². The Balaban J connectivity index is 2.29. The van der Waals surface area contributed by atoms with Gasteiger partial charge in [0.05, 0.1) is 0 Å². The Labute approximate surface area is 113 Å². The molecule has 0 saturated carbocycles. The van der Waals surface area contributed by atoms with Gasteiger partial charge in [-0.05, 0) is 45.0 Å². The van der Waals surface area contributed by atoms with E-state index in [9.17, 15) is 9.90 Å². The second-order valence-corrected chi connectivity index (χ2v) is 5.35. The Bertz CT molecular complexity index is 486. The van der Waals surface area contributed by atoms with Crippen LogP contribution in [0.25, 0.3) is 0 Å². The summed E-state index contributed by atoms with van der Waals surface area (Å²) in [6.45, 7) is 1.63. The summed E-state index contributed by atoms with van der Waals surface area (Å²) in [4.78, 5) is 20.0. The molecule has 19 heavy (non-hydrogen) atoms. The average Bonchev–Trinajstić information content (AvgIpc) is 2.81. The minimum Gasteiger partial charge on any atom is -0.478 e. The monoisotopic (exact) mass is 263 g/mol. The summed E-state index contributed by atoms with van der Waals surface area (Å²) in [5, 5.41) is 9.35. The first-order valence-electron chi connectivity index (χ1n) is 6.61. The molecule has 104 valence electrons. The van der Waals surface area contributed by atoms with Crippen LogP contribution in [0.15, 0.2) is 6.07 Å². The highest BCUT2D eigenvalue weighted by Crippen LogP contribution is 2.26. The van der Waals surface area contributed by atoms with Crippen molar-refractivity contribution in [3.8, 4) is 0 Å². The standard InChI is InChI=1S/C14H21N3O2/c1-16(2)7-8-17(3)13-11(14(18)19)9-10-5-4-6-12(10)15-13/h9H,4-8H2,1-3H3,(H,18,19). The normalized spacial score (nSPS) is 13.7. The lowest BCUT2D eigenvalue weighted by Gasteiger charge is -2.22. The summed E-state index contributed by atoms with van der Waals surface area (Å²) in [5.41, 5.74) is 2.49. The molecule has 5 heteroatoms. The summed E-state index contributed by atoms with van der Waals surface area (Å²) in [5.74, 6) is -0.302. The van der Waals surface area contributed by atoms with Crippen molar-refractivity contribution in [2.75, 3.05) is 39.1 Å². The number of carboxylic acids is 1. The van der Waals surface area contributed by atoms with E-state index in [1.807, 2.05) is 26.0 Å². The van der Waals surface area contributed by atoms with Gasteiger partial charge in [-0.15, -0.1) is 0 Å². The SMILES string of the molecule is CN(C)CCN(C)c1nc2c(cc1C(=O)O)CCC2. The van der Waals surface area contributed by atoms with Gasteiger partial charge in [0.25, 0.3) is 0 Å². The summed E-state index contributed by atoms with van der Waals surface area (Å²) < 4.78 is 0. The number of carbonyl (C=O) groups is 1. The van der Waals surface area contributed by atoms with Gasteiger partial charge in [0.2, 0.25) is 0 Å². The van der Waals surface area contributed by atoms with E-state index < -0.39 is 5.97 Å². The van der Waals surface area contributed by atoms with Crippen LogP contribution in [-0.2, 0) is 12.8 Å². The van der Waals surface area contributed by atoms with Crippen LogP contribution in [0.4, 0.5) is 5.82 Å². The van der Waals surface area contributed by atoms with E-state index in [2.05, 4.69) is 9.88 Å². The first-order chi connectivity index (χ1) is 8.99. The summed E-state index contributed by atoms with van der Waals surface area (Å²) in [6.07, 6.45) is 2.99. The molecular formula is C14H21N3O2. The largest absolute Gasteiger partial charge is 0.478 e. The number of likely N-dealkylation sites (N-methyl/N-ethyl adjacent to an activating group) is 2. The lowest BCUT2D eigenvalue weighted by atomic mass is 10.1. The van der Waals surface area contributed by atoms with Gasteiger partial charge in [-0.1, -0.05) is 0 Å². The molecule has 1 aromatic heterocycles. The van der Waals surface area contributed by atoms with Crippen LogP contribution in [0, 0.1) is 0 Å². The first kappa shape index (κ1) is 13.8. The summed E-state index contributed by atoms with van der Waals surface area (Å²) in [7, 11) is 5.91. The molecule has 0 atom stereocenters. The number of aryl methyl sites for hydroxylation is 2. The highest BCUT2D eigenvalue weighted by molar-refractivity contribution is 5.93. The lowest BCUT2D eigenvalue weighted by Crippen LogP contribution is -2.30. The van der Waals surface area contributed by atoms with Crippen LogP contribution in [0.1, 0.15) is 28.0 Å². The zero-order valence-corrected chi connectivity index (χ0v) is 11.8. The van der Waals surface area contributed by atoms with E-state index in [1.165, 1.54) is 0 Å². The number of aromatic carboxylic acids is 1. The molecule has 1 aromatic rings. The van der Waals surface area contributed by atoms with Crippen molar-refractivity contribution in [1.29, 1.82) is 0 Å². The zero-order chi connectivity index (χ0) is 14.0. The Hall–Kier alpha value is -1.62. The molecule has 0 amide bonds. The molecule has 2 rings (SSSR count). The molecule has 0 radical (unpaired) electrons. The minimum absolute atomic E-state index is 0.321. The van der Waals surface area contributed by atoms with Gasteiger partial charge >= 0.3 is 5.97 Å². The number of hydrogen-bond donors (Lipinski definition) is 1. The predicted octanol–water partition coefficient (Wildman–Crippen LogP) is 1.27. The Morgan fingerprint density at radius 1 is 1.32 bits per heavy atom. The minimum atomic E-state index is -0.895. The van der Waals surface area contributed by atoms with Gasteiger partial charge in [0, 0.05) is 25.8 Å². The highest BCUT2D eigenvalue weighted by Gasteiger charge is 2.21. The third-order valence-electron chi connectivity index (χ3n) is 3.51.